The number of carbonyl (C=O) groups excluding carboxylic acids is 3. The van der Waals surface area contributed by atoms with Crippen LogP contribution in [-0.4, -0.2) is 41.9 Å². The number of halogens is 1. The molecule has 2 aromatic rings. The van der Waals surface area contributed by atoms with Gasteiger partial charge in [0.2, 0.25) is 11.8 Å². The van der Waals surface area contributed by atoms with E-state index in [1.807, 2.05) is 32.0 Å². The summed E-state index contributed by atoms with van der Waals surface area (Å²) in [6.07, 6.45) is 0.410. The lowest BCUT2D eigenvalue weighted by atomic mass is 10.1. The van der Waals surface area contributed by atoms with Gasteiger partial charge in [-0.1, -0.05) is 35.9 Å². The first-order valence-corrected chi connectivity index (χ1v) is 9.91. The number of aryl methyl sites for hydroxylation is 2. The Labute approximate surface area is 180 Å². The first-order valence-electron chi connectivity index (χ1n) is 9.54. The van der Waals surface area contributed by atoms with Crippen LogP contribution in [0.3, 0.4) is 0 Å². The molecular formula is C22H23ClN4O3. The van der Waals surface area contributed by atoms with E-state index in [2.05, 4.69) is 10.4 Å². The molecule has 1 N–H and O–H groups in total. The van der Waals surface area contributed by atoms with Gasteiger partial charge in [-0.15, -0.1) is 0 Å². The zero-order chi connectivity index (χ0) is 21.8. The van der Waals surface area contributed by atoms with E-state index in [0.717, 1.165) is 11.1 Å². The van der Waals surface area contributed by atoms with Crippen molar-refractivity contribution in [1.29, 1.82) is 0 Å². The van der Waals surface area contributed by atoms with Gasteiger partial charge in [-0.3, -0.25) is 14.4 Å². The number of nitrogens with one attached hydrogen (secondary N) is 1. The van der Waals surface area contributed by atoms with E-state index < -0.39 is 5.91 Å². The van der Waals surface area contributed by atoms with E-state index in [-0.39, 0.29) is 36.9 Å². The van der Waals surface area contributed by atoms with Crippen molar-refractivity contribution in [3.05, 3.63) is 58.6 Å². The molecule has 0 atom stereocenters. The van der Waals surface area contributed by atoms with Crippen molar-refractivity contribution in [2.24, 2.45) is 5.10 Å². The van der Waals surface area contributed by atoms with Crippen LogP contribution in [0.15, 0.2) is 47.6 Å². The molecule has 30 heavy (non-hydrogen) atoms. The minimum Gasteiger partial charge on any atom is -0.331 e. The molecule has 1 aliphatic heterocycles. The summed E-state index contributed by atoms with van der Waals surface area (Å²) in [7, 11) is 1.52. The van der Waals surface area contributed by atoms with Gasteiger partial charge >= 0.3 is 0 Å². The standard InChI is InChI=1S/C22H23ClN4O3/c1-14-8-9-15(2)19(12-14)27-21(29)11-10-18(25-27)22(30)26(3)13-20(28)24-17-7-5-4-6-16(17)23/h4-9,12H,10-11,13H2,1-3H3,(H,24,28). The Hall–Kier alpha value is -3.19. The van der Waals surface area contributed by atoms with Gasteiger partial charge in [0.25, 0.3) is 5.91 Å². The Morgan fingerprint density at radius 3 is 2.63 bits per heavy atom. The number of nitrogens with zero attached hydrogens (tertiary/aromatic N) is 3. The maximum Gasteiger partial charge on any atom is 0.270 e. The molecule has 0 saturated heterocycles. The molecule has 0 unspecified atom stereocenters. The van der Waals surface area contributed by atoms with Gasteiger partial charge in [-0.2, -0.15) is 5.10 Å². The summed E-state index contributed by atoms with van der Waals surface area (Å²) in [6, 6.07) is 12.6. The molecular weight excluding hydrogens is 404 g/mol. The SMILES string of the molecule is Cc1ccc(C)c(N2N=C(C(=O)N(C)CC(=O)Nc3ccccc3Cl)CCC2=O)c1. The normalized spacial score (nSPS) is 13.7. The number of benzene rings is 2. The van der Waals surface area contributed by atoms with E-state index in [0.29, 0.717) is 16.4 Å². The Balaban J connectivity index is 1.73. The number of hydrogen-bond acceptors (Lipinski definition) is 4. The topological polar surface area (TPSA) is 82.1 Å². The predicted molar refractivity (Wildman–Crippen MR) is 118 cm³/mol. The Kier molecular flexibility index (Phi) is 6.52. The monoisotopic (exact) mass is 426 g/mol. The Morgan fingerprint density at radius 2 is 1.90 bits per heavy atom. The van der Waals surface area contributed by atoms with Crippen LogP contribution in [0.2, 0.25) is 5.02 Å². The molecule has 0 aliphatic carbocycles. The third kappa shape index (κ3) is 4.86. The van der Waals surface area contributed by atoms with E-state index in [9.17, 15) is 14.4 Å². The van der Waals surface area contributed by atoms with Crippen molar-refractivity contribution in [3.8, 4) is 0 Å². The molecule has 1 heterocycles. The Bertz CT molecular complexity index is 1030. The fourth-order valence-corrected chi connectivity index (χ4v) is 3.29. The van der Waals surface area contributed by atoms with E-state index in [1.54, 1.807) is 24.3 Å². The third-order valence-electron chi connectivity index (χ3n) is 4.75. The third-order valence-corrected chi connectivity index (χ3v) is 5.08. The van der Waals surface area contributed by atoms with Gasteiger partial charge in [0.1, 0.15) is 5.71 Å². The highest BCUT2D eigenvalue weighted by atomic mass is 35.5. The number of hydrazone groups is 1. The predicted octanol–water partition coefficient (Wildman–Crippen LogP) is 3.54. The molecule has 0 bridgehead atoms. The molecule has 0 fully saturated rings. The van der Waals surface area contributed by atoms with Gasteiger partial charge < -0.3 is 10.2 Å². The summed E-state index contributed by atoms with van der Waals surface area (Å²) in [5, 5.41) is 8.71. The Morgan fingerprint density at radius 1 is 1.17 bits per heavy atom. The van der Waals surface area contributed by atoms with Crippen LogP contribution in [0.25, 0.3) is 0 Å². The molecule has 0 saturated carbocycles. The number of anilines is 2. The summed E-state index contributed by atoms with van der Waals surface area (Å²) in [4.78, 5) is 38.9. The van der Waals surface area contributed by atoms with Gasteiger partial charge in [-0.25, -0.2) is 5.01 Å². The average Bonchev–Trinajstić information content (AvgIpc) is 2.71. The smallest absolute Gasteiger partial charge is 0.270 e. The largest absolute Gasteiger partial charge is 0.331 e. The van der Waals surface area contributed by atoms with E-state index in [1.165, 1.54) is 17.0 Å². The van der Waals surface area contributed by atoms with Crippen LogP contribution in [0.5, 0.6) is 0 Å². The highest BCUT2D eigenvalue weighted by Crippen LogP contribution is 2.26. The highest BCUT2D eigenvalue weighted by Gasteiger charge is 2.28. The number of hydrogen-bond donors (Lipinski definition) is 1. The molecule has 0 spiro atoms. The second-order valence-corrected chi connectivity index (χ2v) is 7.64. The number of amides is 3. The van der Waals surface area contributed by atoms with Crippen molar-refractivity contribution in [2.75, 3.05) is 23.9 Å². The highest BCUT2D eigenvalue weighted by molar-refractivity contribution is 6.40. The number of likely N-dealkylation sites (N-methyl/N-ethyl adjacent to an activating group) is 1. The van der Waals surface area contributed by atoms with Crippen LogP contribution in [0.4, 0.5) is 11.4 Å². The summed E-state index contributed by atoms with van der Waals surface area (Å²) in [5.41, 5.74) is 3.25. The summed E-state index contributed by atoms with van der Waals surface area (Å²) in [6.45, 7) is 3.65. The first-order chi connectivity index (χ1) is 14.3. The van der Waals surface area contributed by atoms with Gasteiger partial charge in [0, 0.05) is 19.9 Å². The van der Waals surface area contributed by atoms with Gasteiger partial charge in [0.15, 0.2) is 0 Å². The van der Waals surface area contributed by atoms with Crippen molar-refractivity contribution in [2.45, 2.75) is 26.7 Å². The lowest BCUT2D eigenvalue weighted by Crippen LogP contribution is -2.42. The van der Waals surface area contributed by atoms with Crippen LogP contribution in [-0.2, 0) is 14.4 Å². The summed E-state index contributed by atoms with van der Waals surface area (Å²) < 4.78 is 0. The van der Waals surface area contributed by atoms with E-state index in [4.69, 9.17) is 11.6 Å². The molecule has 2 aromatic carbocycles. The molecule has 0 aromatic heterocycles. The number of carbonyl (C=O) groups is 3. The van der Waals surface area contributed by atoms with Crippen LogP contribution in [0, 0.1) is 13.8 Å². The zero-order valence-electron chi connectivity index (χ0n) is 17.1. The minimum absolute atomic E-state index is 0.166. The zero-order valence-corrected chi connectivity index (χ0v) is 17.9. The molecule has 156 valence electrons. The average molecular weight is 427 g/mol. The fourth-order valence-electron chi connectivity index (χ4n) is 3.10. The molecule has 0 radical (unpaired) electrons. The number of rotatable bonds is 5. The van der Waals surface area contributed by atoms with Crippen molar-refractivity contribution in [1.82, 2.24) is 4.90 Å². The van der Waals surface area contributed by atoms with Gasteiger partial charge in [0.05, 0.1) is 22.9 Å². The minimum atomic E-state index is -0.396. The van der Waals surface area contributed by atoms with Crippen molar-refractivity contribution in [3.63, 3.8) is 0 Å². The maximum absolute atomic E-state index is 12.8. The molecule has 7 nitrogen and oxygen atoms in total. The van der Waals surface area contributed by atoms with Gasteiger partial charge in [-0.05, 0) is 43.2 Å². The van der Waals surface area contributed by atoms with Crippen LogP contribution in [0.1, 0.15) is 24.0 Å². The number of para-hydroxylation sites is 1. The molecule has 3 rings (SSSR count). The lowest BCUT2D eigenvalue weighted by molar-refractivity contribution is -0.128. The lowest BCUT2D eigenvalue weighted by Gasteiger charge is -2.26. The molecule has 8 heteroatoms. The summed E-state index contributed by atoms with van der Waals surface area (Å²) in [5.74, 6) is -0.940. The molecule has 3 amide bonds. The van der Waals surface area contributed by atoms with Crippen molar-refractivity contribution < 1.29 is 14.4 Å². The summed E-state index contributed by atoms with van der Waals surface area (Å²) >= 11 is 6.05. The van der Waals surface area contributed by atoms with Crippen LogP contribution < -0.4 is 10.3 Å². The van der Waals surface area contributed by atoms with Crippen LogP contribution >= 0.6 is 11.6 Å². The second-order valence-electron chi connectivity index (χ2n) is 7.23. The molecule has 1 aliphatic rings. The maximum atomic E-state index is 12.8. The first kappa shape index (κ1) is 21.5. The quantitative estimate of drug-likeness (QED) is 0.793. The van der Waals surface area contributed by atoms with E-state index >= 15 is 0 Å². The van der Waals surface area contributed by atoms with Crippen molar-refractivity contribution >= 4 is 46.4 Å². The fraction of sp³-hybridized carbons (Fsp3) is 0.273. The second kappa shape index (κ2) is 9.09.